The first kappa shape index (κ1) is 17.9. The van der Waals surface area contributed by atoms with Crippen molar-refractivity contribution in [3.05, 3.63) is 65.9 Å². The van der Waals surface area contributed by atoms with Crippen molar-refractivity contribution >= 4 is 29.9 Å². The van der Waals surface area contributed by atoms with E-state index in [1.807, 2.05) is 10.6 Å². The summed E-state index contributed by atoms with van der Waals surface area (Å²) in [6, 6.07) is 8.91. The van der Waals surface area contributed by atoms with Crippen molar-refractivity contribution in [2.75, 3.05) is 6.61 Å². The number of carbonyl (C=O) groups is 4. The first-order valence-corrected chi connectivity index (χ1v) is 7.84. The number of esters is 1. The van der Waals surface area contributed by atoms with Crippen molar-refractivity contribution in [1.82, 2.24) is 10.6 Å². The molecule has 3 rings (SSSR count). The second-order valence-corrected chi connectivity index (χ2v) is 5.46. The fraction of sp³-hybridized carbons (Fsp3) is 0.0526. The quantitative estimate of drug-likeness (QED) is 0.362. The van der Waals surface area contributed by atoms with Gasteiger partial charge >= 0.3 is 12.0 Å². The molecule has 0 aliphatic carbocycles. The van der Waals surface area contributed by atoms with E-state index in [0.717, 1.165) is 0 Å². The third kappa shape index (κ3) is 4.01. The van der Waals surface area contributed by atoms with Gasteiger partial charge in [-0.05, 0) is 30.3 Å². The Kier molecular flexibility index (Phi) is 4.98. The van der Waals surface area contributed by atoms with E-state index in [-0.39, 0.29) is 17.9 Å². The fourth-order valence-corrected chi connectivity index (χ4v) is 2.32. The highest BCUT2D eigenvalue weighted by molar-refractivity contribution is 6.31. The van der Waals surface area contributed by atoms with E-state index in [0.29, 0.717) is 16.9 Å². The Bertz CT molecular complexity index is 946. The standard InChI is InChI=1S/C19H14N2O6/c1-2-9-26-18(24)12-5-3-11(4-6-12)15-8-7-13(27-15)10-14-16(22)20-19(25)21-17(14)23/h2-8,10H,1,9H2,(H2,20,21,22,23,25). The number of benzene rings is 1. The molecule has 27 heavy (non-hydrogen) atoms. The van der Waals surface area contributed by atoms with Crippen LogP contribution >= 0.6 is 0 Å². The summed E-state index contributed by atoms with van der Waals surface area (Å²) >= 11 is 0. The Hall–Kier alpha value is -3.94. The third-order valence-corrected chi connectivity index (χ3v) is 3.59. The lowest BCUT2D eigenvalue weighted by molar-refractivity contribution is -0.123. The molecular weight excluding hydrogens is 352 g/mol. The number of carbonyl (C=O) groups excluding carboxylic acids is 4. The lowest BCUT2D eigenvalue weighted by Gasteiger charge is -2.13. The van der Waals surface area contributed by atoms with Crippen LogP contribution in [0.25, 0.3) is 17.4 Å². The molecule has 1 saturated heterocycles. The van der Waals surface area contributed by atoms with Gasteiger partial charge in [-0.15, -0.1) is 0 Å². The summed E-state index contributed by atoms with van der Waals surface area (Å²) in [5, 5.41) is 3.96. The van der Waals surface area contributed by atoms with E-state index in [1.54, 1.807) is 36.4 Å². The van der Waals surface area contributed by atoms with Gasteiger partial charge in [0.05, 0.1) is 5.56 Å². The van der Waals surface area contributed by atoms with Crippen molar-refractivity contribution < 1.29 is 28.3 Å². The molecule has 0 atom stereocenters. The molecule has 1 fully saturated rings. The van der Waals surface area contributed by atoms with Crippen LogP contribution in [-0.4, -0.2) is 30.4 Å². The van der Waals surface area contributed by atoms with Crippen molar-refractivity contribution in [2.45, 2.75) is 0 Å². The van der Waals surface area contributed by atoms with Gasteiger partial charge in [-0.25, -0.2) is 9.59 Å². The van der Waals surface area contributed by atoms with Crippen LogP contribution in [0.5, 0.6) is 0 Å². The maximum absolute atomic E-state index is 11.8. The summed E-state index contributed by atoms with van der Waals surface area (Å²) in [6.45, 7) is 3.60. The van der Waals surface area contributed by atoms with Crippen LogP contribution in [0, 0.1) is 0 Å². The molecule has 8 heteroatoms. The molecule has 2 aromatic rings. The van der Waals surface area contributed by atoms with Gasteiger partial charge in [0.1, 0.15) is 23.7 Å². The minimum absolute atomic E-state index is 0.129. The molecule has 2 N–H and O–H groups in total. The van der Waals surface area contributed by atoms with E-state index in [4.69, 9.17) is 9.15 Å². The smallest absolute Gasteiger partial charge is 0.338 e. The van der Waals surface area contributed by atoms with Gasteiger partial charge in [-0.1, -0.05) is 24.8 Å². The molecule has 1 aromatic carbocycles. The molecule has 1 aliphatic rings. The number of imide groups is 2. The number of hydrogen-bond acceptors (Lipinski definition) is 6. The molecule has 1 aliphatic heterocycles. The van der Waals surface area contributed by atoms with Crippen molar-refractivity contribution in [3.63, 3.8) is 0 Å². The number of barbiturate groups is 1. The monoisotopic (exact) mass is 366 g/mol. The minimum atomic E-state index is -0.867. The average molecular weight is 366 g/mol. The highest BCUT2D eigenvalue weighted by Crippen LogP contribution is 2.24. The zero-order valence-corrected chi connectivity index (χ0v) is 14.0. The molecule has 0 spiro atoms. The van der Waals surface area contributed by atoms with Crippen LogP contribution < -0.4 is 10.6 Å². The molecule has 4 amide bonds. The second kappa shape index (κ2) is 7.52. The molecule has 136 valence electrons. The Balaban J connectivity index is 1.78. The Morgan fingerprint density at radius 3 is 2.33 bits per heavy atom. The minimum Gasteiger partial charge on any atom is -0.458 e. The van der Waals surface area contributed by atoms with Crippen LogP contribution in [0.2, 0.25) is 0 Å². The molecule has 0 bridgehead atoms. The van der Waals surface area contributed by atoms with Crippen LogP contribution in [0.4, 0.5) is 4.79 Å². The van der Waals surface area contributed by atoms with E-state index < -0.39 is 23.8 Å². The first-order valence-electron chi connectivity index (χ1n) is 7.84. The number of nitrogens with one attached hydrogen (secondary N) is 2. The molecule has 2 heterocycles. The predicted octanol–water partition coefficient (Wildman–Crippen LogP) is 2.04. The highest BCUT2D eigenvalue weighted by atomic mass is 16.5. The Morgan fingerprint density at radius 2 is 1.70 bits per heavy atom. The van der Waals surface area contributed by atoms with E-state index in [1.165, 1.54) is 12.2 Å². The Labute approximate surface area is 153 Å². The normalized spacial score (nSPS) is 13.6. The Morgan fingerprint density at radius 1 is 1.04 bits per heavy atom. The highest BCUT2D eigenvalue weighted by Gasteiger charge is 2.28. The molecule has 0 unspecified atom stereocenters. The van der Waals surface area contributed by atoms with Crippen molar-refractivity contribution in [3.8, 4) is 11.3 Å². The number of amides is 4. The zero-order valence-electron chi connectivity index (χ0n) is 14.0. The predicted molar refractivity (Wildman–Crippen MR) is 94.3 cm³/mol. The van der Waals surface area contributed by atoms with E-state index >= 15 is 0 Å². The molecule has 0 radical (unpaired) electrons. The topological polar surface area (TPSA) is 115 Å². The summed E-state index contributed by atoms with van der Waals surface area (Å²) in [7, 11) is 0. The second-order valence-electron chi connectivity index (χ2n) is 5.46. The summed E-state index contributed by atoms with van der Waals surface area (Å²) in [5.41, 5.74) is 0.832. The van der Waals surface area contributed by atoms with Gasteiger partial charge in [-0.3, -0.25) is 20.2 Å². The largest absolute Gasteiger partial charge is 0.458 e. The summed E-state index contributed by atoms with van der Waals surface area (Å²) in [6.07, 6.45) is 2.72. The van der Waals surface area contributed by atoms with Gasteiger partial charge < -0.3 is 9.15 Å². The lowest BCUT2D eigenvalue weighted by atomic mass is 10.1. The fourth-order valence-electron chi connectivity index (χ4n) is 2.32. The number of urea groups is 1. The van der Waals surface area contributed by atoms with Crippen molar-refractivity contribution in [2.24, 2.45) is 0 Å². The van der Waals surface area contributed by atoms with Crippen LogP contribution in [0.3, 0.4) is 0 Å². The third-order valence-electron chi connectivity index (χ3n) is 3.59. The van der Waals surface area contributed by atoms with Gasteiger partial charge in [0.2, 0.25) is 0 Å². The van der Waals surface area contributed by atoms with Crippen LogP contribution in [0.15, 0.2) is 59.0 Å². The van der Waals surface area contributed by atoms with Gasteiger partial charge in [0, 0.05) is 5.56 Å². The van der Waals surface area contributed by atoms with Crippen LogP contribution in [-0.2, 0) is 14.3 Å². The lowest BCUT2D eigenvalue weighted by Crippen LogP contribution is -2.51. The average Bonchev–Trinajstić information content (AvgIpc) is 3.11. The van der Waals surface area contributed by atoms with Gasteiger partial charge in [-0.2, -0.15) is 0 Å². The van der Waals surface area contributed by atoms with Gasteiger partial charge in [0.15, 0.2) is 0 Å². The number of rotatable bonds is 5. The summed E-state index contributed by atoms with van der Waals surface area (Å²) in [5.74, 6) is -1.34. The molecule has 1 aromatic heterocycles. The van der Waals surface area contributed by atoms with Crippen molar-refractivity contribution in [1.29, 1.82) is 0 Å². The number of furan rings is 1. The molecular formula is C19H14N2O6. The van der Waals surface area contributed by atoms with Crippen LogP contribution in [0.1, 0.15) is 16.1 Å². The molecule has 8 nitrogen and oxygen atoms in total. The SMILES string of the molecule is C=CCOC(=O)c1ccc(-c2ccc(C=C3C(=O)NC(=O)NC3=O)o2)cc1. The van der Waals surface area contributed by atoms with Gasteiger partial charge in [0.25, 0.3) is 11.8 Å². The number of ether oxygens (including phenoxy) is 1. The summed E-state index contributed by atoms with van der Waals surface area (Å²) in [4.78, 5) is 46.3. The van der Waals surface area contributed by atoms with E-state index in [2.05, 4.69) is 6.58 Å². The maximum Gasteiger partial charge on any atom is 0.338 e. The summed E-state index contributed by atoms with van der Waals surface area (Å²) < 4.78 is 10.6. The number of hydrogen-bond donors (Lipinski definition) is 2. The first-order chi connectivity index (χ1) is 13.0. The maximum atomic E-state index is 11.8. The zero-order chi connectivity index (χ0) is 19.4. The van der Waals surface area contributed by atoms with E-state index in [9.17, 15) is 19.2 Å². The molecule has 0 saturated carbocycles.